The van der Waals surface area contributed by atoms with Gasteiger partial charge >= 0.3 is 5.97 Å². The van der Waals surface area contributed by atoms with Gasteiger partial charge in [-0.2, -0.15) is 0 Å². The van der Waals surface area contributed by atoms with Gasteiger partial charge in [0, 0.05) is 6.42 Å². The van der Waals surface area contributed by atoms with Crippen LogP contribution in [0.1, 0.15) is 78.1 Å². The molecule has 0 aromatic heterocycles. The topological polar surface area (TPSA) is 26.3 Å². The van der Waals surface area contributed by atoms with E-state index in [-0.39, 0.29) is 5.97 Å². The van der Waals surface area contributed by atoms with Gasteiger partial charge in [-0.1, -0.05) is 44.6 Å². The monoisotopic (exact) mass is 252 g/mol. The molecule has 0 saturated heterocycles. The Morgan fingerprint density at radius 2 is 1.50 bits per heavy atom. The lowest BCUT2D eigenvalue weighted by atomic mass is 10.1. The molecule has 0 spiro atoms. The Bertz CT molecular complexity index is 266. The molecule has 0 unspecified atom stereocenters. The summed E-state index contributed by atoms with van der Waals surface area (Å²) in [5.74, 6) is -0.0560. The molecule has 2 nitrogen and oxygen atoms in total. The van der Waals surface area contributed by atoms with Crippen molar-refractivity contribution in [2.75, 3.05) is 0 Å². The van der Waals surface area contributed by atoms with Gasteiger partial charge in [-0.25, -0.2) is 0 Å². The number of rotatable bonds is 0. The van der Waals surface area contributed by atoms with E-state index in [0.717, 1.165) is 19.3 Å². The minimum absolute atomic E-state index is 0.0560. The molecule has 1 aliphatic heterocycles. The standard InChI is InChI=1S/C16H28O2/c1-16(2)14-12-10-8-6-4-3-5-7-9-11-13-15(17)18-16/h12,14H,3-11,13H2,1-2H3/b14-12+. The molecule has 0 aliphatic carbocycles. The average molecular weight is 252 g/mol. The third-order valence-corrected chi connectivity index (χ3v) is 3.40. The number of cyclic esters (lactones) is 1. The molecule has 104 valence electrons. The van der Waals surface area contributed by atoms with Crippen LogP contribution in [0.2, 0.25) is 0 Å². The first-order valence-corrected chi connectivity index (χ1v) is 7.50. The van der Waals surface area contributed by atoms with Gasteiger partial charge in [0.15, 0.2) is 0 Å². The van der Waals surface area contributed by atoms with Crippen molar-refractivity contribution < 1.29 is 9.53 Å². The zero-order valence-corrected chi connectivity index (χ0v) is 12.0. The van der Waals surface area contributed by atoms with E-state index >= 15 is 0 Å². The highest BCUT2D eigenvalue weighted by Crippen LogP contribution is 2.17. The van der Waals surface area contributed by atoms with Crippen LogP contribution in [0.5, 0.6) is 0 Å². The van der Waals surface area contributed by atoms with Crippen LogP contribution in [-0.2, 0) is 9.53 Å². The SMILES string of the molecule is CC1(C)/C=C/CCCCCCCCCCC(=O)O1. The Morgan fingerprint density at radius 3 is 2.17 bits per heavy atom. The van der Waals surface area contributed by atoms with Gasteiger partial charge in [-0.3, -0.25) is 4.79 Å². The lowest BCUT2D eigenvalue weighted by Gasteiger charge is -2.21. The highest BCUT2D eigenvalue weighted by Gasteiger charge is 2.18. The van der Waals surface area contributed by atoms with E-state index in [1.807, 2.05) is 19.9 Å². The predicted molar refractivity (Wildman–Crippen MR) is 75.5 cm³/mol. The van der Waals surface area contributed by atoms with E-state index in [2.05, 4.69) is 6.08 Å². The summed E-state index contributed by atoms with van der Waals surface area (Å²) in [7, 11) is 0. The van der Waals surface area contributed by atoms with Crippen LogP contribution in [-0.4, -0.2) is 11.6 Å². The van der Waals surface area contributed by atoms with Crippen LogP contribution in [0, 0.1) is 0 Å². The Kier molecular flexibility index (Phi) is 7.07. The van der Waals surface area contributed by atoms with Crippen LogP contribution >= 0.6 is 0 Å². The zero-order chi connectivity index (χ0) is 13.3. The number of allylic oxidation sites excluding steroid dienone is 1. The van der Waals surface area contributed by atoms with Crippen molar-refractivity contribution in [3.05, 3.63) is 12.2 Å². The van der Waals surface area contributed by atoms with Gasteiger partial charge in [-0.15, -0.1) is 0 Å². The Morgan fingerprint density at radius 1 is 0.944 bits per heavy atom. The highest BCUT2D eigenvalue weighted by atomic mass is 16.6. The van der Waals surface area contributed by atoms with E-state index in [1.54, 1.807) is 0 Å². The third-order valence-electron chi connectivity index (χ3n) is 3.40. The maximum Gasteiger partial charge on any atom is 0.306 e. The summed E-state index contributed by atoms with van der Waals surface area (Å²) in [4.78, 5) is 11.7. The third kappa shape index (κ3) is 7.52. The van der Waals surface area contributed by atoms with Crippen molar-refractivity contribution in [2.45, 2.75) is 83.7 Å². The van der Waals surface area contributed by atoms with Crippen LogP contribution < -0.4 is 0 Å². The Labute approximate surface area is 112 Å². The molecule has 0 N–H and O–H groups in total. The molecule has 0 bridgehead atoms. The second-order valence-corrected chi connectivity index (χ2v) is 5.85. The molecular formula is C16H28O2. The second-order valence-electron chi connectivity index (χ2n) is 5.85. The minimum Gasteiger partial charge on any atom is -0.455 e. The van der Waals surface area contributed by atoms with Crippen LogP contribution in [0.4, 0.5) is 0 Å². The van der Waals surface area contributed by atoms with Gasteiger partial charge in [-0.05, 0) is 39.2 Å². The normalized spacial score (nSPS) is 25.6. The smallest absolute Gasteiger partial charge is 0.306 e. The Hall–Kier alpha value is -0.790. The molecule has 0 aromatic carbocycles. The average Bonchev–Trinajstić information content (AvgIpc) is 2.29. The van der Waals surface area contributed by atoms with E-state index in [0.29, 0.717) is 6.42 Å². The van der Waals surface area contributed by atoms with Crippen molar-refractivity contribution >= 4 is 5.97 Å². The number of esters is 1. The van der Waals surface area contributed by atoms with E-state index in [1.165, 1.54) is 38.5 Å². The fourth-order valence-electron chi connectivity index (χ4n) is 2.34. The summed E-state index contributed by atoms with van der Waals surface area (Å²) in [5, 5.41) is 0. The molecule has 0 amide bonds. The fraction of sp³-hybridized carbons (Fsp3) is 0.812. The molecule has 2 heteroatoms. The molecule has 0 fully saturated rings. The summed E-state index contributed by atoms with van der Waals surface area (Å²) < 4.78 is 5.49. The maximum atomic E-state index is 11.7. The van der Waals surface area contributed by atoms with Crippen LogP contribution in [0.15, 0.2) is 12.2 Å². The van der Waals surface area contributed by atoms with Gasteiger partial charge in [0.2, 0.25) is 0 Å². The maximum absolute atomic E-state index is 11.7. The van der Waals surface area contributed by atoms with E-state index in [4.69, 9.17) is 4.74 Å². The summed E-state index contributed by atoms with van der Waals surface area (Å²) in [5.41, 5.74) is -0.447. The first-order valence-electron chi connectivity index (χ1n) is 7.50. The number of carbonyl (C=O) groups is 1. The number of hydrogen-bond donors (Lipinski definition) is 0. The number of ether oxygens (including phenoxy) is 1. The molecule has 18 heavy (non-hydrogen) atoms. The summed E-state index contributed by atoms with van der Waals surface area (Å²) in [6, 6.07) is 0. The second kappa shape index (κ2) is 8.34. The van der Waals surface area contributed by atoms with Crippen molar-refractivity contribution in [3.63, 3.8) is 0 Å². The molecule has 0 aromatic rings. The van der Waals surface area contributed by atoms with E-state index in [9.17, 15) is 4.79 Å². The quantitative estimate of drug-likeness (QED) is 0.458. The van der Waals surface area contributed by atoms with E-state index < -0.39 is 5.60 Å². The van der Waals surface area contributed by atoms with Gasteiger partial charge in [0.05, 0.1) is 0 Å². The van der Waals surface area contributed by atoms with Crippen molar-refractivity contribution in [1.82, 2.24) is 0 Å². The van der Waals surface area contributed by atoms with Crippen molar-refractivity contribution in [1.29, 1.82) is 0 Å². The molecule has 1 rings (SSSR count). The van der Waals surface area contributed by atoms with Crippen molar-refractivity contribution in [2.24, 2.45) is 0 Å². The predicted octanol–water partition coefficient (Wildman–Crippen LogP) is 4.78. The molecular weight excluding hydrogens is 224 g/mol. The summed E-state index contributed by atoms with van der Waals surface area (Å²) in [6.07, 6.45) is 15.8. The first-order chi connectivity index (χ1) is 8.60. The van der Waals surface area contributed by atoms with Crippen LogP contribution in [0.25, 0.3) is 0 Å². The molecule has 1 heterocycles. The fourth-order valence-corrected chi connectivity index (χ4v) is 2.34. The van der Waals surface area contributed by atoms with Gasteiger partial charge in [0.25, 0.3) is 0 Å². The van der Waals surface area contributed by atoms with Crippen molar-refractivity contribution in [3.8, 4) is 0 Å². The number of hydrogen-bond acceptors (Lipinski definition) is 2. The summed E-state index contributed by atoms with van der Waals surface area (Å²) in [6.45, 7) is 3.92. The largest absolute Gasteiger partial charge is 0.455 e. The van der Waals surface area contributed by atoms with Gasteiger partial charge < -0.3 is 4.74 Å². The first kappa shape index (κ1) is 15.3. The van der Waals surface area contributed by atoms with Crippen LogP contribution in [0.3, 0.4) is 0 Å². The molecule has 1 aliphatic rings. The lowest BCUT2D eigenvalue weighted by Crippen LogP contribution is -2.25. The number of carbonyl (C=O) groups excluding carboxylic acids is 1. The lowest BCUT2D eigenvalue weighted by molar-refractivity contribution is -0.152. The highest BCUT2D eigenvalue weighted by molar-refractivity contribution is 5.70. The molecule has 0 atom stereocenters. The van der Waals surface area contributed by atoms with Gasteiger partial charge in [0.1, 0.15) is 5.60 Å². The molecule has 0 saturated carbocycles. The molecule has 0 radical (unpaired) electrons. The zero-order valence-electron chi connectivity index (χ0n) is 12.0. The minimum atomic E-state index is -0.447. The Balaban J connectivity index is 2.44. The summed E-state index contributed by atoms with van der Waals surface area (Å²) >= 11 is 0.